The monoisotopic (exact) mass is 406 g/mol. The minimum atomic E-state index is -0.809. The summed E-state index contributed by atoms with van der Waals surface area (Å²) >= 11 is 0. The van der Waals surface area contributed by atoms with Crippen LogP contribution in [0.1, 0.15) is 31.9 Å². The number of methoxy groups -OCH3 is 1. The van der Waals surface area contributed by atoms with Crippen LogP contribution in [-0.2, 0) is 14.3 Å². The maximum Gasteiger partial charge on any atom is 0.316 e. The number of hydrogen-bond acceptors (Lipinski definition) is 6. The molecule has 1 aliphatic carbocycles. The summed E-state index contributed by atoms with van der Waals surface area (Å²) in [5.74, 6) is -0.906. The Morgan fingerprint density at radius 3 is 2.63 bits per heavy atom. The van der Waals surface area contributed by atoms with Gasteiger partial charge in [0.25, 0.3) is 0 Å². The van der Waals surface area contributed by atoms with Gasteiger partial charge in [0.2, 0.25) is 0 Å². The van der Waals surface area contributed by atoms with Gasteiger partial charge in [-0.2, -0.15) is 0 Å². The lowest BCUT2D eigenvalue weighted by atomic mass is 9.75. The van der Waals surface area contributed by atoms with Crippen LogP contribution in [0.3, 0.4) is 0 Å². The van der Waals surface area contributed by atoms with E-state index in [-0.39, 0.29) is 11.7 Å². The minimum Gasteiger partial charge on any atom is -0.494 e. The van der Waals surface area contributed by atoms with E-state index in [0.29, 0.717) is 18.6 Å². The Kier molecular flexibility index (Phi) is 5.48. The van der Waals surface area contributed by atoms with E-state index in [1.165, 1.54) is 7.11 Å². The van der Waals surface area contributed by atoms with Crippen molar-refractivity contribution in [3.05, 3.63) is 65.4 Å². The number of benzene rings is 2. The van der Waals surface area contributed by atoms with Crippen molar-refractivity contribution < 1.29 is 19.1 Å². The molecule has 2 aromatic carbocycles. The summed E-state index contributed by atoms with van der Waals surface area (Å²) < 4.78 is 10.6. The van der Waals surface area contributed by atoms with Gasteiger partial charge < -0.3 is 20.1 Å². The lowest BCUT2D eigenvalue weighted by molar-refractivity contribution is -0.151. The largest absolute Gasteiger partial charge is 0.494 e. The summed E-state index contributed by atoms with van der Waals surface area (Å²) in [7, 11) is 1.33. The Hall–Kier alpha value is -3.28. The molecular weight excluding hydrogens is 380 g/mol. The van der Waals surface area contributed by atoms with Crippen LogP contribution in [0.4, 0.5) is 11.4 Å². The van der Waals surface area contributed by atoms with Crippen molar-refractivity contribution in [3.63, 3.8) is 0 Å². The molecule has 1 aliphatic heterocycles. The number of fused-ring (bicyclic) bond motifs is 1. The molecule has 4 rings (SSSR count). The highest BCUT2D eigenvalue weighted by atomic mass is 16.5. The van der Waals surface area contributed by atoms with Crippen LogP contribution in [0, 0.1) is 11.8 Å². The van der Waals surface area contributed by atoms with Gasteiger partial charge in [-0.05, 0) is 49.1 Å². The molecule has 0 aromatic heterocycles. The third-order valence-corrected chi connectivity index (χ3v) is 5.73. The zero-order chi connectivity index (χ0) is 21.3. The first kappa shape index (κ1) is 20.0. The third-order valence-electron chi connectivity index (χ3n) is 5.73. The number of nitrogens with one attached hydrogen (secondary N) is 2. The predicted octanol–water partition coefficient (Wildman–Crippen LogP) is 4.32. The van der Waals surface area contributed by atoms with Crippen LogP contribution in [0.2, 0.25) is 0 Å². The van der Waals surface area contributed by atoms with E-state index in [0.717, 1.165) is 28.4 Å². The highest BCUT2D eigenvalue weighted by Crippen LogP contribution is 2.44. The third kappa shape index (κ3) is 3.54. The number of para-hydroxylation sites is 2. The molecule has 2 aromatic rings. The van der Waals surface area contributed by atoms with Gasteiger partial charge in [-0.3, -0.25) is 9.59 Å². The molecule has 0 spiro atoms. The van der Waals surface area contributed by atoms with E-state index in [2.05, 4.69) is 10.6 Å². The quantitative estimate of drug-likeness (QED) is 0.582. The number of hydrogen-bond donors (Lipinski definition) is 2. The van der Waals surface area contributed by atoms with Gasteiger partial charge in [-0.25, -0.2) is 0 Å². The Morgan fingerprint density at radius 1 is 1.13 bits per heavy atom. The number of rotatable bonds is 4. The number of carbonyl (C=O) groups is 2. The number of Topliss-reactive ketones (excluding diaryl/α,β-unsaturated/α-hetero) is 1. The van der Waals surface area contributed by atoms with Crippen molar-refractivity contribution in [2.45, 2.75) is 26.3 Å². The van der Waals surface area contributed by atoms with Crippen molar-refractivity contribution in [2.24, 2.45) is 11.8 Å². The van der Waals surface area contributed by atoms with E-state index < -0.39 is 17.9 Å². The molecule has 30 heavy (non-hydrogen) atoms. The van der Waals surface area contributed by atoms with Gasteiger partial charge in [0.1, 0.15) is 11.7 Å². The molecule has 0 fully saturated rings. The molecule has 0 unspecified atom stereocenters. The van der Waals surface area contributed by atoms with Gasteiger partial charge in [-0.15, -0.1) is 0 Å². The molecule has 0 bridgehead atoms. The second-order valence-electron chi connectivity index (χ2n) is 7.69. The van der Waals surface area contributed by atoms with Gasteiger partial charge >= 0.3 is 5.97 Å². The number of anilines is 2. The molecule has 0 radical (unpaired) electrons. The fraction of sp³-hybridized carbons (Fsp3) is 0.333. The van der Waals surface area contributed by atoms with Gasteiger partial charge in [0.15, 0.2) is 5.78 Å². The van der Waals surface area contributed by atoms with Gasteiger partial charge in [0, 0.05) is 11.3 Å². The molecule has 0 amide bonds. The van der Waals surface area contributed by atoms with E-state index in [1.54, 1.807) is 0 Å². The summed E-state index contributed by atoms with van der Waals surface area (Å²) in [6.45, 7) is 4.41. The average molecular weight is 406 g/mol. The maximum atomic E-state index is 13.6. The average Bonchev–Trinajstić information content (AvgIpc) is 2.90. The first-order valence-corrected chi connectivity index (χ1v) is 10.2. The second kappa shape index (κ2) is 8.22. The van der Waals surface area contributed by atoms with Crippen LogP contribution in [0.15, 0.2) is 59.8 Å². The summed E-state index contributed by atoms with van der Waals surface area (Å²) in [5.41, 5.74) is 4.13. The first-order chi connectivity index (χ1) is 14.5. The summed E-state index contributed by atoms with van der Waals surface area (Å²) in [5, 5.41) is 6.97. The molecule has 2 N–H and O–H groups in total. The Morgan fingerprint density at radius 2 is 1.90 bits per heavy atom. The number of esters is 1. The van der Waals surface area contributed by atoms with E-state index >= 15 is 0 Å². The van der Waals surface area contributed by atoms with Crippen LogP contribution in [0.5, 0.6) is 5.75 Å². The zero-order valence-electron chi connectivity index (χ0n) is 17.4. The Bertz CT molecular complexity index is 1010. The number of ether oxygens (including phenoxy) is 2. The van der Waals surface area contributed by atoms with Gasteiger partial charge in [-0.1, -0.05) is 31.2 Å². The number of ketones is 1. The Labute approximate surface area is 176 Å². The molecule has 6 heteroatoms. The van der Waals surface area contributed by atoms with Crippen molar-refractivity contribution >= 4 is 23.1 Å². The second-order valence-corrected chi connectivity index (χ2v) is 7.69. The molecule has 6 nitrogen and oxygen atoms in total. The van der Waals surface area contributed by atoms with Crippen LogP contribution >= 0.6 is 0 Å². The van der Waals surface area contributed by atoms with Gasteiger partial charge in [0.05, 0.1) is 31.1 Å². The molecule has 156 valence electrons. The first-order valence-electron chi connectivity index (χ1n) is 10.2. The number of allylic oxidation sites excluding steroid dienone is 1. The standard InChI is InChI=1S/C24H26N2O4/c1-4-30-16-9-7-8-15(13-16)22-21-19(25-17-10-5-6-11-18(17)26-22)12-14(2)20(23(21)27)24(28)29-3/h5-11,13-14,20,22,25-26H,4,12H2,1-3H3/t14-,20-,22-/m0/s1. The normalized spacial score (nSPS) is 22.8. The summed E-state index contributed by atoms with van der Waals surface area (Å²) in [6.07, 6.45) is 0.582. The lowest BCUT2D eigenvalue weighted by Crippen LogP contribution is -2.39. The Balaban J connectivity index is 1.85. The fourth-order valence-electron chi connectivity index (χ4n) is 4.33. The minimum absolute atomic E-state index is 0.156. The van der Waals surface area contributed by atoms with Crippen molar-refractivity contribution in [3.8, 4) is 5.75 Å². The lowest BCUT2D eigenvalue weighted by Gasteiger charge is -2.32. The topological polar surface area (TPSA) is 76.7 Å². The SMILES string of the molecule is CCOc1cccc([C@@H]2Nc3ccccc3NC3=C2C(=O)[C@@H](C(=O)OC)[C@@H](C)C3)c1. The predicted molar refractivity (Wildman–Crippen MR) is 115 cm³/mol. The molecular formula is C24H26N2O4. The smallest absolute Gasteiger partial charge is 0.316 e. The van der Waals surface area contributed by atoms with Crippen molar-refractivity contribution in [1.29, 1.82) is 0 Å². The summed E-state index contributed by atoms with van der Waals surface area (Å²) in [6, 6.07) is 15.2. The molecule has 3 atom stereocenters. The van der Waals surface area contributed by atoms with E-state index in [9.17, 15) is 9.59 Å². The highest BCUT2D eigenvalue weighted by molar-refractivity contribution is 6.11. The highest BCUT2D eigenvalue weighted by Gasteiger charge is 2.44. The maximum absolute atomic E-state index is 13.6. The molecule has 0 saturated carbocycles. The number of carbonyl (C=O) groups excluding carboxylic acids is 2. The molecule has 1 heterocycles. The van der Waals surface area contributed by atoms with Crippen LogP contribution < -0.4 is 15.4 Å². The van der Waals surface area contributed by atoms with Crippen molar-refractivity contribution in [2.75, 3.05) is 24.4 Å². The van der Waals surface area contributed by atoms with E-state index in [4.69, 9.17) is 9.47 Å². The van der Waals surface area contributed by atoms with Crippen LogP contribution in [-0.4, -0.2) is 25.5 Å². The molecule has 0 saturated heterocycles. The molecule has 2 aliphatic rings. The van der Waals surface area contributed by atoms with Crippen LogP contribution in [0.25, 0.3) is 0 Å². The van der Waals surface area contributed by atoms with E-state index in [1.807, 2.05) is 62.4 Å². The fourth-order valence-corrected chi connectivity index (χ4v) is 4.33. The van der Waals surface area contributed by atoms with Crippen molar-refractivity contribution in [1.82, 2.24) is 0 Å². The zero-order valence-corrected chi connectivity index (χ0v) is 17.4. The summed E-state index contributed by atoms with van der Waals surface area (Å²) in [4.78, 5) is 26.0.